The number of nitrogens with one attached hydrogen (secondary N) is 4. The molecule has 11 heterocycles. The number of methoxy groups -OCH3 is 3. The summed E-state index contributed by atoms with van der Waals surface area (Å²) in [5.41, 5.74) is 29.6. The van der Waals surface area contributed by atoms with Gasteiger partial charge in [-0.2, -0.15) is 4.98 Å². The van der Waals surface area contributed by atoms with Crippen molar-refractivity contribution in [3.63, 3.8) is 0 Å². The number of hydrogen-bond donors (Lipinski definition) is 9. The van der Waals surface area contributed by atoms with Gasteiger partial charge in [0.05, 0.1) is 49.0 Å². The lowest BCUT2D eigenvalue weighted by molar-refractivity contribution is 0.0701. The Morgan fingerprint density at radius 2 is 0.918 bits per heavy atom. The summed E-state index contributed by atoms with van der Waals surface area (Å²) in [6.45, 7) is 16.4. The van der Waals surface area contributed by atoms with Crippen LogP contribution in [0.25, 0.3) is 54.4 Å². The topological polar surface area (TPSA) is 356 Å². The number of ether oxygens (including phenoxy) is 3. The Bertz CT molecular complexity index is 7320. The minimum absolute atomic E-state index is 0.154. The predicted octanol–water partition coefficient (Wildman–Crippen LogP) is 21.0. The fourth-order valence-corrected chi connectivity index (χ4v) is 23.6. The predicted molar refractivity (Wildman–Crippen MR) is 580 cm³/mol. The molecule has 5 aliphatic heterocycles. The van der Waals surface area contributed by atoms with Crippen LogP contribution < -0.4 is 60.5 Å². The van der Waals surface area contributed by atoms with Crippen molar-refractivity contribution in [1.82, 2.24) is 46.3 Å². The first-order valence-corrected chi connectivity index (χ1v) is 52.7. The number of nitrogens with zero attached hydrogens (tertiary/aromatic N) is 11. The quantitative estimate of drug-likeness (QED) is 0.0173. The Morgan fingerprint density at radius 3 is 1.47 bits per heavy atom. The Balaban J connectivity index is 0.000000125. The highest BCUT2D eigenvalue weighted by molar-refractivity contribution is 7.23. The molecule has 0 aliphatic carbocycles. The molecular formula is C112H112ClN15O13S5. The van der Waals surface area contributed by atoms with Crippen LogP contribution in [0.15, 0.2) is 240 Å². The number of aromatic nitrogens is 6. The third-order valence-electron chi connectivity index (χ3n) is 26.5. The number of thiazole rings is 4. The van der Waals surface area contributed by atoms with Crippen molar-refractivity contribution in [3.05, 3.63) is 345 Å². The normalized spacial score (nSPS) is 13.9. The van der Waals surface area contributed by atoms with Crippen LogP contribution in [-0.2, 0) is 70.1 Å². The van der Waals surface area contributed by atoms with E-state index in [9.17, 15) is 24.0 Å². The van der Waals surface area contributed by atoms with Gasteiger partial charge in [0.2, 0.25) is 5.95 Å². The Labute approximate surface area is 871 Å². The van der Waals surface area contributed by atoms with Gasteiger partial charge in [-0.05, 0) is 223 Å². The molecule has 34 heteroatoms. The van der Waals surface area contributed by atoms with E-state index in [1.54, 1.807) is 125 Å². The van der Waals surface area contributed by atoms with Gasteiger partial charge >= 0.3 is 0 Å². The third-order valence-corrected chi connectivity index (χ3v) is 31.7. The second kappa shape index (κ2) is 47.8. The lowest BCUT2D eigenvalue weighted by Gasteiger charge is -2.40. The van der Waals surface area contributed by atoms with Gasteiger partial charge < -0.3 is 54.2 Å². The molecule has 0 radical (unpaired) electrons. The highest BCUT2D eigenvalue weighted by atomic mass is 35.5. The molecule has 5 aliphatic rings. The number of rotatable bonds is 22. The number of carbonyl (C=O) groups excluding carboxylic acids is 5. The Kier molecular flexibility index (Phi) is 33.8. The number of benzene rings is 10. The maximum absolute atomic E-state index is 11.9. The van der Waals surface area contributed by atoms with Crippen LogP contribution in [0.3, 0.4) is 0 Å². The molecule has 0 unspecified atom stereocenters. The number of hydroxylamine groups is 3. The monoisotopic (exact) mass is 2070 g/mol. The Hall–Kier alpha value is -14.2. The first kappa shape index (κ1) is 103. The summed E-state index contributed by atoms with van der Waals surface area (Å²) in [6.07, 6.45) is 8.96. The summed E-state index contributed by atoms with van der Waals surface area (Å²) >= 11 is 14.5. The van der Waals surface area contributed by atoms with Gasteiger partial charge in [0.25, 0.3) is 17.7 Å². The molecule has 0 saturated heterocycles. The summed E-state index contributed by atoms with van der Waals surface area (Å²) in [4.78, 5) is 100. The van der Waals surface area contributed by atoms with E-state index < -0.39 is 30.9 Å². The molecule has 3 amide bonds. The van der Waals surface area contributed by atoms with Gasteiger partial charge in [0.1, 0.15) is 36.3 Å². The van der Waals surface area contributed by atoms with Crippen LogP contribution in [0.4, 0.5) is 32.3 Å². The standard InChI is InChI=1S/C24H26N4O2.C24H23N3O2S2.C23H24N2O3S.C21H21N3O3S.C20H18ClN3O3S/c29-17-22(30)21-9-8-19-7-4-13-28(14-11-20(19)15-21)24-25-12-10-23(27-24)26-16-18-5-2-1-3-6-18;1-14-17-6-4-5-7-20(17)31-21(14)19-12-30-23(25-19)27-11-16-9-8-15(22(28)26-29)10-18(16)24(2,3)13-27;1-28-20-8-6-17(7-9-20)21-15-29-23(24-21)25-11-2-3-16-4-5-19(22(27)14-26)13-18(16)10-12-25;1-13-3-5-14(6-4-13)18-12-28-21(22-18)24-8-7-15-9-16(20(25)23-26)10-19(27-2)17(15)11-24;1-27-18-9-14(19(25)23-26)7-12-5-6-24(10-16(12)18)20-22-17(11-28-20)13-3-2-4-15(21)8-13/h1-3,5-6,8-10,12,15,29H,4,7,11,13-14,16-17H2,(H,25,26,27);4-10,12,29H,11,13H2,1-3H3,(H,26,28);4-9,13,15,26H,2-3,10-12,14H2,1H3;3-6,9-10,12,26H,7-8,11H2,1-2H3,(H,23,25);2-4,7-9,11,26H,5-6,10H2,1H3,(H,23,25). The second-order valence-corrected chi connectivity index (χ2v) is 41.4. The minimum atomic E-state index is -0.547. The summed E-state index contributed by atoms with van der Waals surface area (Å²) in [6, 6.07) is 68.8. The summed E-state index contributed by atoms with van der Waals surface area (Å²) in [5, 5.41) is 62.7. The second-order valence-electron chi connectivity index (χ2n) is 36.5. The van der Waals surface area contributed by atoms with Crippen molar-refractivity contribution in [2.45, 2.75) is 111 Å². The molecule has 9 N–H and O–H groups in total. The SMILES string of the molecule is COc1cc(C(=O)NO)cc2c1CN(c1nc(-c3ccc(C)cc3)cs1)CC2.COc1cc(C(=O)NO)cc2c1CN(c1nc(-c3cccc(Cl)c3)cs1)CC2.COc1ccc(-c2csc(N3CCCc4ccc(C(=O)CO)cc4CC3)n2)cc1.Cc1c(-c2csc(N3Cc4ccc(C(=O)NO)cc4C(C)(C)C3)n2)sc2ccccc12.O=C(CO)c1ccc2c(c1)CCN(c1nccc(NCc3ccccc3)n1)CCC2. The van der Waals surface area contributed by atoms with Crippen molar-refractivity contribution in [3.8, 4) is 61.6 Å². The molecular weight excluding hydrogens is 1960 g/mol. The van der Waals surface area contributed by atoms with E-state index in [2.05, 4.69) is 139 Å². The van der Waals surface area contributed by atoms with Gasteiger partial charge in [-0.3, -0.25) is 39.6 Å². The number of carbonyl (C=O) groups is 5. The van der Waals surface area contributed by atoms with Crippen LogP contribution in [0.1, 0.15) is 151 Å². The highest BCUT2D eigenvalue weighted by Crippen LogP contribution is 2.45. The lowest BCUT2D eigenvalue weighted by atomic mass is 9.78. The summed E-state index contributed by atoms with van der Waals surface area (Å²) in [7, 11) is 4.84. The molecule has 6 aromatic heterocycles. The van der Waals surface area contributed by atoms with E-state index >= 15 is 0 Å². The van der Waals surface area contributed by atoms with Crippen molar-refractivity contribution in [1.29, 1.82) is 0 Å². The third kappa shape index (κ3) is 24.6. The number of aliphatic hydroxyl groups is 2. The molecule has 0 saturated carbocycles. The number of aryl methyl sites for hydroxylation is 4. The molecule has 21 rings (SSSR count). The van der Waals surface area contributed by atoms with Crippen molar-refractivity contribution in [2.24, 2.45) is 0 Å². The molecule has 0 bridgehead atoms. The first-order valence-electron chi connectivity index (χ1n) is 48.0. The number of amides is 3. The lowest BCUT2D eigenvalue weighted by Crippen LogP contribution is -2.42. The van der Waals surface area contributed by atoms with Gasteiger partial charge in [-0.15, -0.1) is 56.7 Å². The smallest absolute Gasteiger partial charge is 0.274 e. The maximum atomic E-state index is 11.9. The van der Waals surface area contributed by atoms with Crippen LogP contribution in [0, 0.1) is 13.8 Å². The van der Waals surface area contributed by atoms with Crippen LogP contribution >= 0.6 is 68.3 Å². The van der Waals surface area contributed by atoms with Gasteiger partial charge in [0.15, 0.2) is 32.1 Å². The van der Waals surface area contributed by atoms with E-state index in [4.69, 9.17) is 76.6 Å². The van der Waals surface area contributed by atoms with Gasteiger partial charge in [0, 0.05) is 170 Å². The number of halogens is 1. The number of Topliss-reactive ketones (excluding diaryl/α,β-unsaturated/α-hetero) is 2. The zero-order valence-corrected chi connectivity index (χ0v) is 86.6. The number of anilines is 6. The van der Waals surface area contributed by atoms with E-state index in [-0.39, 0.29) is 17.0 Å². The zero-order valence-electron chi connectivity index (χ0n) is 81.8. The molecule has 146 heavy (non-hydrogen) atoms. The Morgan fingerprint density at radius 1 is 0.432 bits per heavy atom. The number of aliphatic hydroxyl groups excluding tert-OH is 2. The number of ketones is 2. The average molecular weight is 2070 g/mol. The molecule has 28 nitrogen and oxygen atoms in total. The molecule has 750 valence electrons. The average Bonchev–Trinajstić information content (AvgIpc) is 1.39. The maximum Gasteiger partial charge on any atom is 0.274 e. The van der Waals surface area contributed by atoms with E-state index in [0.717, 1.165) is 215 Å². The van der Waals surface area contributed by atoms with Crippen LogP contribution in [-0.4, -0.2) is 165 Å². The molecule has 0 spiro atoms. The van der Waals surface area contributed by atoms with Gasteiger partial charge in [-0.25, -0.2) is 41.4 Å². The number of fused-ring (bicyclic) bond motifs is 6. The highest BCUT2D eigenvalue weighted by Gasteiger charge is 2.35. The molecule has 16 aromatic rings. The minimum Gasteiger partial charge on any atom is -0.497 e. The fourth-order valence-electron chi connectivity index (χ4n) is 18.7. The van der Waals surface area contributed by atoms with E-state index in [1.807, 2.05) is 133 Å². The van der Waals surface area contributed by atoms with Crippen molar-refractivity contribution >= 4 is 140 Å². The fraction of sp³-hybridized carbons (Fsp3) is 0.259. The van der Waals surface area contributed by atoms with Crippen molar-refractivity contribution < 1.29 is 64.0 Å². The summed E-state index contributed by atoms with van der Waals surface area (Å²) < 4.78 is 17.5. The van der Waals surface area contributed by atoms with Crippen LogP contribution in [0.2, 0.25) is 5.02 Å². The number of thiophene rings is 1. The molecule has 0 atom stereocenters. The molecule has 10 aromatic carbocycles. The molecule has 0 fully saturated rings. The first-order chi connectivity index (χ1) is 70.9. The zero-order chi connectivity index (χ0) is 102. The van der Waals surface area contributed by atoms with E-state index in [1.165, 1.54) is 53.9 Å². The number of hydrogen-bond acceptors (Lipinski definition) is 30. The van der Waals surface area contributed by atoms with Gasteiger partial charge in [-0.1, -0.05) is 146 Å². The summed E-state index contributed by atoms with van der Waals surface area (Å²) in [5.74, 6) is 1.62. The van der Waals surface area contributed by atoms with Crippen LogP contribution in [0.5, 0.6) is 17.2 Å². The van der Waals surface area contributed by atoms with E-state index in [0.29, 0.717) is 64.0 Å². The largest absolute Gasteiger partial charge is 0.497 e. The van der Waals surface area contributed by atoms with Crippen molar-refractivity contribution in [2.75, 3.05) is 110 Å².